The first-order valence-corrected chi connectivity index (χ1v) is 16.3. The highest BCUT2D eigenvalue weighted by Crippen LogP contribution is 2.31. The summed E-state index contributed by atoms with van der Waals surface area (Å²) in [4.78, 5) is 13.3. The van der Waals surface area contributed by atoms with Gasteiger partial charge in [-0.3, -0.25) is 4.79 Å². The average molecular weight is 564 g/mol. The fourth-order valence-corrected chi connectivity index (χ4v) is 8.20. The number of nitrogens with one attached hydrogen (secondary N) is 1. The normalized spacial score (nSPS) is 19.7. The molecule has 0 bridgehead atoms. The summed E-state index contributed by atoms with van der Waals surface area (Å²) < 4.78 is 60.6. The lowest BCUT2D eigenvalue weighted by Crippen LogP contribution is -2.44. The van der Waals surface area contributed by atoms with Crippen molar-refractivity contribution in [3.8, 4) is 5.75 Å². The Balaban J connectivity index is 1.41. The first-order chi connectivity index (χ1) is 18.2. The second-order valence-corrected chi connectivity index (χ2v) is 13.9. The molecule has 38 heavy (non-hydrogen) atoms. The molecule has 2 aliphatic heterocycles. The van der Waals surface area contributed by atoms with E-state index in [1.807, 2.05) is 30.3 Å². The largest absolute Gasteiger partial charge is 0.495 e. The molecule has 2 aromatic carbocycles. The lowest BCUT2D eigenvalue weighted by molar-refractivity contribution is -0.120. The van der Waals surface area contributed by atoms with Crippen LogP contribution in [-0.2, 0) is 31.3 Å². The molecule has 1 N–H and O–H groups in total. The quantitative estimate of drug-likeness (QED) is 0.474. The van der Waals surface area contributed by atoms with E-state index in [9.17, 15) is 21.6 Å². The Morgan fingerprint density at radius 1 is 0.947 bits per heavy atom. The molecule has 0 saturated carbocycles. The van der Waals surface area contributed by atoms with Crippen LogP contribution in [0.2, 0.25) is 0 Å². The van der Waals surface area contributed by atoms with Crippen molar-refractivity contribution in [2.45, 2.75) is 49.8 Å². The van der Waals surface area contributed by atoms with Crippen molar-refractivity contribution in [1.82, 2.24) is 8.61 Å². The standard InChI is InChI=1S/C27H37N3O6S2/c1-36-26-15-14-24(38(34,35)29-16-6-3-7-17-29)20-25(26)28-27(31)23-13-8-18-30(21-23)37(32,33)19-9-12-22-10-4-2-5-11-22/h2,4-5,10-11,14-15,20,23H,3,6-9,12-13,16-19,21H2,1H3,(H,28,31)/t23-/m1/s1. The summed E-state index contributed by atoms with van der Waals surface area (Å²) in [5, 5.41) is 2.81. The first-order valence-electron chi connectivity index (χ1n) is 13.2. The van der Waals surface area contributed by atoms with E-state index in [2.05, 4.69) is 5.32 Å². The number of carbonyl (C=O) groups excluding carboxylic acids is 1. The Bertz CT molecular complexity index is 1310. The SMILES string of the molecule is COc1ccc(S(=O)(=O)N2CCCCC2)cc1NC(=O)[C@@H]1CCCN(S(=O)(=O)CCCc2ccccc2)C1. The summed E-state index contributed by atoms with van der Waals surface area (Å²) >= 11 is 0. The van der Waals surface area contributed by atoms with Gasteiger partial charge in [0.15, 0.2) is 0 Å². The zero-order chi connectivity index (χ0) is 27.2. The molecule has 0 unspecified atom stereocenters. The smallest absolute Gasteiger partial charge is 0.243 e. The third-order valence-corrected chi connectivity index (χ3v) is 11.1. The molecule has 4 rings (SSSR count). The summed E-state index contributed by atoms with van der Waals surface area (Å²) in [6.07, 6.45) is 4.98. The van der Waals surface area contributed by atoms with Crippen LogP contribution in [0, 0.1) is 5.92 Å². The van der Waals surface area contributed by atoms with Gasteiger partial charge in [-0.25, -0.2) is 21.1 Å². The molecule has 2 fully saturated rings. The molecular formula is C27H37N3O6S2. The average Bonchev–Trinajstić information content (AvgIpc) is 2.94. The summed E-state index contributed by atoms with van der Waals surface area (Å²) in [6, 6.07) is 14.2. The molecule has 208 valence electrons. The fraction of sp³-hybridized carbons (Fsp3) is 0.519. The van der Waals surface area contributed by atoms with E-state index in [1.54, 1.807) is 0 Å². The molecule has 1 amide bonds. The second-order valence-electron chi connectivity index (χ2n) is 9.92. The van der Waals surface area contributed by atoms with Crippen molar-refractivity contribution < 1.29 is 26.4 Å². The summed E-state index contributed by atoms with van der Waals surface area (Å²) in [5.41, 5.74) is 1.36. The zero-order valence-electron chi connectivity index (χ0n) is 21.8. The number of methoxy groups -OCH3 is 1. The minimum Gasteiger partial charge on any atom is -0.495 e. The molecule has 11 heteroatoms. The summed E-state index contributed by atoms with van der Waals surface area (Å²) in [7, 11) is -5.74. The van der Waals surface area contributed by atoms with Gasteiger partial charge in [-0.15, -0.1) is 0 Å². The molecule has 0 aromatic heterocycles. The van der Waals surface area contributed by atoms with Gasteiger partial charge >= 0.3 is 0 Å². The second kappa shape index (κ2) is 12.6. The number of sulfonamides is 2. The van der Waals surface area contributed by atoms with E-state index >= 15 is 0 Å². The highest BCUT2D eigenvalue weighted by Gasteiger charge is 2.33. The molecule has 1 atom stereocenters. The van der Waals surface area contributed by atoms with Gasteiger partial charge in [-0.2, -0.15) is 4.31 Å². The lowest BCUT2D eigenvalue weighted by atomic mass is 9.98. The van der Waals surface area contributed by atoms with Crippen LogP contribution >= 0.6 is 0 Å². The molecule has 9 nitrogen and oxygen atoms in total. The maximum atomic E-state index is 13.2. The van der Waals surface area contributed by atoms with Gasteiger partial charge in [0.25, 0.3) is 0 Å². The minimum absolute atomic E-state index is 0.0282. The summed E-state index contributed by atoms with van der Waals surface area (Å²) in [5.74, 6) is -0.516. The number of benzene rings is 2. The van der Waals surface area contributed by atoms with E-state index in [0.29, 0.717) is 51.1 Å². The molecular weight excluding hydrogens is 526 g/mol. The van der Waals surface area contributed by atoms with Crippen molar-refractivity contribution >= 4 is 31.6 Å². The van der Waals surface area contributed by atoms with Crippen LogP contribution in [0.15, 0.2) is 53.4 Å². The van der Waals surface area contributed by atoms with Gasteiger partial charge in [0.1, 0.15) is 5.75 Å². The maximum Gasteiger partial charge on any atom is 0.243 e. The Hall–Kier alpha value is -2.47. The Morgan fingerprint density at radius 2 is 1.66 bits per heavy atom. The van der Waals surface area contributed by atoms with Gasteiger partial charge in [0.05, 0.1) is 29.4 Å². The third kappa shape index (κ3) is 6.93. The van der Waals surface area contributed by atoms with Crippen LogP contribution in [0.1, 0.15) is 44.1 Å². The number of nitrogens with zero attached hydrogens (tertiary/aromatic N) is 2. The van der Waals surface area contributed by atoms with Crippen LogP contribution in [0.4, 0.5) is 5.69 Å². The maximum absolute atomic E-state index is 13.2. The van der Waals surface area contributed by atoms with Crippen molar-refractivity contribution in [3.63, 3.8) is 0 Å². The number of hydrogen-bond donors (Lipinski definition) is 1. The Morgan fingerprint density at radius 3 is 2.37 bits per heavy atom. The van der Waals surface area contributed by atoms with E-state index < -0.39 is 26.0 Å². The fourth-order valence-electron chi connectivity index (χ4n) is 5.08. The number of piperidine rings is 2. The van der Waals surface area contributed by atoms with Crippen LogP contribution in [-0.4, -0.2) is 70.4 Å². The molecule has 2 saturated heterocycles. The minimum atomic E-state index is -3.69. The molecule has 0 radical (unpaired) electrons. The van der Waals surface area contributed by atoms with Crippen molar-refractivity contribution in [2.75, 3.05) is 44.4 Å². The predicted octanol–water partition coefficient (Wildman–Crippen LogP) is 3.48. The van der Waals surface area contributed by atoms with Gasteiger partial charge in [0.2, 0.25) is 26.0 Å². The number of amides is 1. The van der Waals surface area contributed by atoms with Crippen LogP contribution in [0.5, 0.6) is 5.75 Å². The monoisotopic (exact) mass is 563 g/mol. The van der Waals surface area contributed by atoms with Crippen LogP contribution in [0.3, 0.4) is 0 Å². The van der Waals surface area contributed by atoms with E-state index in [4.69, 9.17) is 4.74 Å². The summed E-state index contributed by atoms with van der Waals surface area (Å²) in [6.45, 7) is 1.46. The zero-order valence-corrected chi connectivity index (χ0v) is 23.5. The number of hydrogen-bond acceptors (Lipinski definition) is 6. The van der Waals surface area contributed by atoms with E-state index in [0.717, 1.165) is 24.8 Å². The Labute approximate surface area is 226 Å². The number of rotatable bonds is 10. The Kier molecular flexibility index (Phi) is 9.45. The molecule has 0 spiro atoms. The lowest BCUT2D eigenvalue weighted by Gasteiger charge is -2.31. The predicted molar refractivity (Wildman–Crippen MR) is 147 cm³/mol. The van der Waals surface area contributed by atoms with E-state index in [-0.39, 0.29) is 28.8 Å². The number of aryl methyl sites for hydroxylation is 1. The van der Waals surface area contributed by atoms with Crippen LogP contribution < -0.4 is 10.1 Å². The highest BCUT2D eigenvalue weighted by molar-refractivity contribution is 7.89. The number of anilines is 1. The number of ether oxygens (including phenoxy) is 1. The van der Waals surface area contributed by atoms with Gasteiger partial charge < -0.3 is 10.1 Å². The van der Waals surface area contributed by atoms with Crippen molar-refractivity contribution in [1.29, 1.82) is 0 Å². The van der Waals surface area contributed by atoms with Crippen molar-refractivity contribution in [2.24, 2.45) is 5.92 Å². The van der Waals surface area contributed by atoms with Gasteiger partial charge in [0, 0.05) is 26.2 Å². The highest BCUT2D eigenvalue weighted by atomic mass is 32.2. The molecule has 2 heterocycles. The van der Waals surface area contributed by atoms with Gasteiger partial charge in [-0.1, -0.05) is 36.8 Å². The first kappa shape index (κ1) is 28.5. The van der Waals surface area contributed by atoms with Crippen molar-refractivity contribution in [3.05, 3.63) is 54.1 Å². The topological polar surface area (TPSA) is 113 Å². The number of carbonyl (C=O) groups is 1. The van der Waals surface area contributed by atoms with E-state index in [1.165, 1.54) is 33.9 Å². The molecule has 2 aliphatic rings. The third-order valence-electron chi connectivity index (χ3n) is 7.24. The molecule has 2 aromatic rings. The van der Waals surface area contributed by atoms with Crippen LogP contribution in [0.25, 0.3) is 0 Å². The van der Waals surface area contributed by atoms with Gasteiger partial charge in [-0.05, 0) is 62.3 Å². The molecule has 0 aliphatic carbocycles.